The minimum absolute atomic E-state index is 0.131. The first-order valence-electron chi connectivity index (χ1n) is 8.70. The van der Waals surface area contributed by atoms with Crippen molar-refractivity contribution in [2.75, 3.05) is 6.54 Å². The van der Waals surface area contributed by atoms with Crippen LogP contribution in [-0.2, 0) is 6.42 Å². The van der Waals surface area contributed by atoms with Crippen LogP contribution in [0, 0.1) is 13.8 Å². The molecule has 5 rings (SSSR count). The maximum absolute atomic E-state index is 13.2. The zero-order valence-electron chi connectivity index (χ0n) is 14.9. The molecule has 27 heavy (non-hydrogen) atoms. The highest BCUT2D eigenvalue weighted by Gasteiger charge is 2.37. The van der Waals surface area contributed by atoms with Gasteiger partial charge in [-0.05, 0) is 31.5 Å². The Balaban J connectivity index is 1.64. The van der Waals surface area contributed by atoms with E-state index in [1.807, 2.05) is 29.8 Å². The number of aryl methyl sites for hydroxylation is 2. The molecular formula is C18H17N7OS. The molecule has 0 saturated carbocycles. The highest BCUT2D eigenvalue weighted by molar-refractivity contribution is 7.13. The maximum atomic E-state index is 13.2. The van der Waals surface area contributed by atoms with Crippen LogP contribution in [0.4, 0.5) is 0 Å². The molecule has 9 heteroatoms. The Labute approximate surface area is 158 Å². The number of nitrogens with one attached hydrogen (secondary N) is 1. The van der Waals surface area contributed by atoms with Gasteiger partial charge in [0.2, 0.25) is 5.01 Å². The van der Waals surface area contributed by atoms with E-state index in [0.29, 0.717) is 11.6 Å². The summed E-state index contributed by atoms with van der Waals surface area (Å²) in [6.07, 6.45) is 4.32. The largest absolute Gasteiger partial charge is 0.348 e. The number of carbonyl (C=O) groups excluding carboxylic acids is 1. The average molecular weight is 379 g/mol. The average Bonchev–Trinajstić information content (AvgIpc) is 3.39. The van der Waals surface area contributed by atoms with Gasteiger partial charge in [0, 0.05) is 24.9 Å². The first-order valence-corrected chi connectivity index (χ1v) is 9.51. The van der Waals surface area contributed by atoms with Crippen molar-refractivity contribution < 1.29 is 4.79 Å². The summed E-state index contributed by atoms with van der Waals surface area (Å²) in [5, 5.41) is 14.0. The second-order valence-corrected chi connectivity index (χ2v) is 7.82. The van der Waals surface area contributed by atoms with E-state index in [2.05, 4.69) is 33.2 Å². The van der Waals surface area contributed by atoms with E-state index in [1.54, 1.807) is 11.2 Å². The number of amides is 1. The number of nitrogens with zero attached hydrogens (tertiary/aromatic N) is 6. The standard InChI is InChI=1S/C18H17N7OS/c1-10-4-3-6-25-14(10)8-13(23-25)16-15-12(19-9-20-15)5-7-24(16)18(26)17-22-21-11(2)27-17/h3-4,6,8-9,16H,5,7H2,1-2H3,(H,19,20). The number of carbonyl (C=O) groups is 1. The Kier molecular flexibility index (Phi) is 3.57. The summed E-state index contributed by atoms with van der Waals surface area (Å²) < 4.78 is 1.85. The van der Waals surface area contributed by atoms with Gasteiger partial charge in [-0.2, -0.15) is 5.10 Å². The molecule has 0 aromatic carbocycles. The van der Waals surface area contributed by atoms with Crippen LogP contribution in [0.25, 0.3) is 5.52 Å². The normalized spacial score (nSPS) is 16.7. The summed E-state index contributed by atoms with van der Waals surface area (Å²) in [7, 11) is 0. The molecule has 1 aliphatic heterocycles. The third-order valence-corrected chi connectivity index (χ3v) is 5.73. The highest BCUT2D eigenvalue weighted by atomic mass is 32.1. The van der Waals surface area contributed by atoms with Gasteiger partial charge in [-0.15, -0.1) is 10.2 Å². The Morgan fingerprint density at radius 3 is 3.00 bits per heavy atom. The van der Waals surface area contributed by atoms with Crippen molar-refractivity contribution >= 4 is 22.8 Å². The van der Waals surface area contributed by atoms with Crippen LogP contribution in [-0.4, -0.2) is 47.1 Å². The smallest absolute Gasteiger partial charge is 0.285 e. The van der Waals surface area contributed by atoms with Gasteiger partial charge in [0.15, 0.2) is 0 Å². The molecule has 0 bridgehead atoms. The molecule has 1 N–H and O–H groups in total. The molecule has 4 aromatic rings. The highest BCUT2D eigenvalue weighted by Crippen LogP contribution is 2.34. The summed E-state index contributed by atoms with van der Waals surface area (Å²) in [4.78, 5) is 22.7. The molecule has 1 unspecified atom stereocenters. The van der Waals surface area contributed by atoms with Crippen LogP contribution >= 0.6 is 11.3 Å². The van der Waals surface area contributed by atoms with Gasteiger partial charge in [-0.1, -0.05) is 17.4 Å². The fourth-order valence-corrected chi connectivity index (χ4v) is 4.26. The van der Waals surface area contributed by atoms with Crippen molar-refractivity contribution in [1.82, 2.24) is 34.7 Å². The van der Waals surface area contributed by atoms with Crippen LogP contribution in [0.3, 0.4) is 0 Å². The second-order valence-electron chi connectivity index (χ2n) is 6.63. The SMILES string of the molecule is Cc1nnc(C(=O)N2CCc3[nH]cnc3C2c2cc3c(C)cccn3n2)s1. The predicted octanol–water partition coefficient (Wildman–Crippen LogP) is 2.31. The van der Waals surface area contributed by atoms with Crippen LogP contribution in [0.5, 0.6) is 0 Å². The monoisotopic (exact) mass is 379 g/mol. The predicted molar refractivity (Wildman–Crippen MR) is 99.7 cm³/mol. The maximum Gasteiger partial charge on any atom is 0.285 e. The summed E-state index contributed by atoms with van der Waals surface area (Å²) >= 11 is 1.31. The van der Waals surface area contributed by atoms with Gasteiger partial charge in [0.1, 0.15) is 11.0 Å². The molecule has 5 heterocycles. The molecule has 136 valence electrons. The van der Waals surface area contributed by atoms with Gasteiger partial charge in [0.25, 0.3) is 5.91 Å². The third kappa shape index (κ3) is 2.54. The van der Waals surface area contributed by atoms with E-state index in [0.717, 1.165) is 39.6 Å². The van der Waals surface area contributed by atoms with Crippen molar-refractivity contribution in [3.8, 4) is 0 Å². The topological polar surface area (TPSA) is 92.1 Å². The van der Waals surface area contributed by atoms with Crippen molar-refractivity contribution in [2.24, 2.45) is 0 Å². The summed E-state index contributed by atoms with van der Waals surface area (Å²) in [5.74, 6) is -0.131. The van der Waals surface area contributed by atoms with Crippen LogP contribution in [0.1, 0.15) is 43.5 Å². The molecule has 1 amide bonds. The summed E-state index contributed by atoms with van der Waals surface area (Å²) in [6, 6.07) is 5.70. The molecule has 0 saturated heterocycles. The first-order chi connectivity index (χ1) is 13.1. The van der Waals surface area contributed by atoms with E-state index >= 15 is 0 Å². The molecule has 0 radical (unpaired) electrons. The van der Waals surface area contributed by atoms with E-state index < -0.39 is 0 Å². The molecule has 1 atom stereocenters. The lowest BCUT2D eigenvalue weighted by Gasteiger charge is -2.33. The second kappa shape index (κ2) is 5.98. The Morgan fingerprint density at radius 2 is 2.22 bits per heavy atom. The number of aromatic amines is 1. The zero-order valence-corrected chi connectivity index (χ0v) is 15.7. The lowest BCUT2D eigenvalue weighted by atomic mass is 9.99. The molecule has 0 spiro atoms. The van der Waals surface area contributed by atoms with Gasteiger partial charge >= 0.3 is 0 Å². The minimum atomic E-state index is -0.351. The number of imidazole rings is 1. The summed E-state index contributed by atoms with van der Waals surface area (Å²) in [5.41, 5.74) is 4.84. The number of aromatic nitrogens is 6. The van der Waals surface area contributed by atoms with Gasteiger partial charge in [0.05, 0.1) is 23.2 Å². The van der Waals surface area contributed by atoms with Crippen molar-refractivity contribution in [3.05, 3.63) is 63.4 Å². The lowest BCUT2D eigenvalue weighted by Crippen LogP contribution is -2.41. The number of rotatable bonds is 2. The van der Waals surface area contributed by atoms with Crippen LogP contribution in [0.2, 0.25) is 0 Å². The van der Waals surface area contributed by atoms with Crippen molar-refractivity contribution in [3.63, 3.8) is 0 Å². The Morgan fingerprint density at radius 1 is 1.33 bits per heavy atom. The molecular weight excluding hydrogens is 362 g/mol. The molecule has 0 aliphatic carbocycles. The zero-order chi connectivity index (χ0) is 18.5. The van der Waals surface area contributed by atoms with Gasteiger partial charge in [-0.25, -0.2) is 9.50 Å². The number of hydrogen-bond donors (Lipinski definition) is 1. The Bertz CT molecular complexity index is 1160. The molecule has 1 aliphatic rings. The number of pyridine rings is 1. The number of fused-ring (bicyclic) bond motifs is 2. The molecule has 4 aromatic heterocycles. The van der Waals surface area contributed by atoms with Gasteiger partial charge < -0.3 is 9.88 Å². The number of H-pyrrole nitrogens is 1. The number of hydrogen-bond acceptors (Lipinski definition) is 6. The fraction of sp³-hybridized carbons (Fsp3) is 0.278. The lowest BCUT2D eigenvalue weighted by molar-refractivity contribution is 0.0685. The minimum Gasteiger partial charge on any atom is -0.348 e. The van der Waals surface area contributed by atoms with Gasteiger partial charge in [-0.3, -0.25) is 4.79 Å². The van der Waals surface area contributed by atoms with E-state index in [-0.39, 0.29) is 11.9 Å². The first kappa shape index (κ1) is 16.1. The molecule has 8 nitrogen and oxygen atoms in total. The quantitative estimate of drug-likeness (QED) is 0.577. The Hall–Kier alpha value is -3.07. The van der Waals surface area contributed by atoms with Crippen molar-refractivity contribution in [1.29, 1.82) is 0 Å². The third-order valence-electron chi connectivity index (χ3n) is 4.91. The van der Waals surface area contributed by atoms with E-state index in [4.69, 9.17) is 5.10 Å². The summed E-state index contributed by atoms with van der Waals surface area (Å²) in [6.45, 7) is 4.47. The van der Waals surface area contributed by atoms with Crippen LogP contribution < -0.4 is 0 Å². The van der Waals surface area contributed by atoms with E-state index in [1.165, 1.54) is 11.3 Å². The molecule has 0 fully saturated rings. The van der Waals surface area contributed by atoms with Crippen molar-refractivity contribution in [2.45, 2.75) is 26.3 Å². The fourth-order valence-electron chi connectivity index (χ4n) is 3.61. The van der Waals surface area contributed by atoms with E-state index in [9.17, 15) is 4.79 Å². The van der Waals surface area contributed by atoms with Crippen LogP contribution in [0.15, 0.2) is 30.7 Å².